The Kier molecular flexibility index (Phi) is 4.58. The molecule has 3 N–H and O–H groups in total. The van der Waals surface area contributed by atoms with Crippen LogP contribution in [0.3, 0.4) is 0 Å². The number of hydrogen-bond donors (Lipinski definition) is 2. The first-order valence-corrected chi connectivity index (χ1v) is 7.30. The molecule has 0 saturated heterocycles. The van der Waals surface area contributed by atoms with Crippen LogP contribution in [0.2, 0.25) is 0 Å². The van der Waals surface area contributed by atoms with Crippen LogP contribution in [0.15, 0.2) is 16.6 Å². The van der Waals surface area contributed by atoms with Crippen LogP contribution < -0.4 is 11.1 Å². The van der Waals surface area contributed by atoms with E-state index in [-0.39, 0.29) is 23.7 Å². The van der Waals surface area contributed by atoms with Crippen molar-refractivity contribution in [3.05, 3.63) is 28.0 Å². The topological polar surface area (TPSA) is 55.1 Å². The van der Waals surface area contributed by atoms with E-state index in [4.69, 9.17) is 5.73 Å². The van der Waals surface area contributed by atoms with Crippen LogP contribution in [0, 0.1) is 18.7 Å². The molecule has 1 fully saturated rings. The highest BCUT2D eigenvalue weighted by atomic mass is 79.9. The first kappa shape index (κ1) is 14.5. The van der Waals surface area contributed by atoms with Gasteiger partial charge >= 0.3 is 0 Å². The Morgan fingerprint density at radius 3 is 2.79 bits per heavy atom. The SMILES string of the molecule is Cc1cc(F)c(Br)cc1NC(=O)C1CCCCC1N. The lowest BCUT2D eigenvalue weighted by Gasteiger charge is -2.27. The molecule has 1 aromatic carbocycles. The van der Waals surface area contributed by atoms with Crippen molar-refractivity contribution in [1.82, 2.24) is 0 Å². The molecule has 1 aromatic rings. The van der Waals surface area contributed by atoms with Gasteiger partial charge in [-0.3, -0.25) is 4.79 Å². The lowest BCUT2D eigenvalue weighted by molar-refractivity contribution is -0.121. The Bertz CT molecular complexity index is 493. The molecule has 0 bridgehead atoms. The predicted octanol–water partition coefficient (Wildman–Crippen LogP) is 3.35. The van der Waals surface area contributed by atoms with Gasteiger partial charge < -0.3 is 11.1 Å². The van der Waals surface area contributed by atoms with Crippen molar-refractivity contribution in [2.45, 2.75) is 38.6 Å². The summed E-state index contributed by atoms with van der Waals surface area (Å²) in [5.41, 5.74) is 7.34. The summed E-state index contributed by atoms with van der Waals surface area (Å²) in [6, 6.07) is 2.93. The second-order valence-corrected chi connectivity index (χ2v) is 5.98. The summed E-state index contributed by atoms with van der Waals surface area (Å²) in [5.74, 6) is -0.532. The Morgan fingerprint density at radius 2 is 2.11 bits per heavy atom. The van der Waals surface area contributed by atoms with E-state index in [1.54, 1.807) is 13.0 Å². The molecule has 0 aromatic heterocycles. The molecule has 0 radical (unpaired) electrons. The molecule has 1 saturated carbocycles. The van der Waals surface area contributed by atoms with Gasteiger partial charge in [0.1, 0.15) is 5.82 Å². The summed E-state index contributed by atoms with van der Waals surface area (Å²) >= 11 is 3.13. The van der Waals surface area contributed by atoms with Gasteiger partial charge in [-0.1, -0.05) is 12.8 Å². The lowest BCUT2D eigenvalue weighted by Crippen LogP contribution is -2.40. The van der Waals surface area contributed by atoms with E-state index in [1.165, 1.54) is 6.07 Å². The molecule has 3 nitrogen and oxygen atoms in total. The van der Waals surface area contributed by atoms with Crippen molar-refractivity contribution in [2.75, 3.05) is 5.32 Å². The van der Waals surface area contributed by atoms with Crippen LogP contribution in [-0.2, 0) is 4.79 Å². The van der Waals surface area contributed by atoms with Gasteiger partial charge in [0, 0.05) is 11.7 Å². The van der Waals surface area contributed by atoms with Gasteiger partial charge in [0.25, 0.3) is 0 Å². The number of benzene rings is 1. The van der Waals surface area contributed by atoms with Crippen LogP contribution in [-0.4, -0.2) is 11.9 Å². The number of rotatable bonds is 2. The third kappa shape index (κ3) is 3.34. The van der Waals surface area contributed by atoms with Crippen LogP contribution >= 0.6 is 15.9 Å². The number of nitrogens with two attached hydrogens (primary N) is 1. The summed E-state index contributed by atoms with van der Waals surface area (Å²) < 4.78 is 13.7. The van der Waals surface area contributed by atoms with E-state index in [0.29, 0.717) is 15.7 Å². The predicted molar refractivity (Wildman–Crippen MR) is 77.4 cm³/mol. The quantitative estimate of drug-likeness (QED) is 0.874. The Hall–Kier alpha value is -0.940. The van der Waals surface area contributed by atoms with Crippen molar-refractivity contribution < 1.29 is 9.18 Å². The van der Waals surface area contributed by atoms with Gasteiger partial charge in [-0.25, -0.2) is 4.39 Å². The molecule has 0 spiro atoms. The molecule has 1 amide bonds. The molecular weight excluding hydrogens is 311 g/mol. The van der Waals surface area contributed by atoms with E-state index < -0.39 is 0 Å². The average Bonchev–Trinajstić information content (AvgIpc) is 2.36. The molecule has 1 aliphatic rings. The highest BCUT2D eigenvalue weighted by Gasteiger charge is 2.28. The Labute approximate surface area is 120 Å². The third-order valence-corrected chi connectivity index (χ3v) is 4.29. The molecule has 0 aliphatic heterocycles. The molecule has 2 rings (SSSR count). The van der Waals surface area contributed by atoms with Crippen molar-refractivity contribution in [1.29, 1.82) is 0 Å². The van der Waals surface area contributed by atoms with Gasteiger partial charge in [-0.15, -0.1) is 0 Å². The van der Waals surface area contributed by atoms with E-state index in [9.17, 15) is 9.18 Å². The third-order valence-electron chi connectivity index (χ3n) is 3.68. The number of anilines is 1. The average molecular weight is 329 g/mol. The molecular formula is C14H18BrFN2O. The standard InChI is InChI=1S/C14H18BrFN2O/c1-8-6-11(16)10(15)7-13(8)18-14(19)9-4-2-3-5-12(9)17/h6-7,9,12H,2-5,17H2,1H3,(H,18,19). The molecule has 2 unspecified atom stereocenters. The fraction of sp³-hybridized carbons (Fsp3) is 0.500. The number of halogens is 2. The number of hydrogen-bond acceptors (Lipinski definition) is 2. The molecule has 1 aliphatic carbocycles. The van der Waals surface area contributed by atoms with E-state index in [1.807, 2.05) is 0 Å². The number of carbonyl (C=O) groups is 1. The molecule has 104 valence electrons. The minimum Gasteiger partial charge on any atom is -0.327 e. The van der Waals surface area contributed by atoms with Crippen molar-refractivity contribution in [2.24, 2.45) is 11.7 Å². The van der Waals surface area contributed by atoms with Crippen LogP contribution in [0.4, 0.5) is 10.1 Å². The maximum Gasteiger partial charge on any atom is 0.229 e. The monoisotopic (exact) mass is 328 g/mol. The number of nitrogens with one attached hydrogen (secondary N) is 1. The van der Waals surface area contributed by atoms with Crippen molar-refractivity contribution >= 4 is 27.5 Å². The molecule has 0 heterocycles. The minimum atomic E-state index is -0.329. The molecule has 19 heavy (non-hydrogen) atoms. The zero-order chi connectivity index (χ0) is 14.0. The largest absolute Gasteiger partial charge is 0.327 e. The van der Waals surface area contributed by atoms with Gasteiger partial charge in [-0.05, 0) is 53.4 Å². The molecule has 5 heteroatoms. The number of aryl methyl sites for hydroxylation is 1. The number of amides is 1. The van der Waals surface area contributed by atoms with Gasteiger partial charge in [0.05, 0.1) is 10.4 Å². The second kappa shape index (κ2) is 6.01. The van der Waals surface area contributed by atoms with E-state index in [2.05, 4.69) is 21.2 Å². The summed E-state index contributed by atoms with van der Waals surface area (Å²) in [6.07, 6.45) is 3.85. The van der Waals surface area contributed by atoms with Crippen LogP contribution in [0.1, 0.15) is 31.2 Å². The fourth-order valence-electron chi connectivity index (χ4n) is 2.49. The van der Waals surface area contributed by atoms with Crippen LogP contribution in [0.5, 0.6) is 0 Å². The summed E-state index contributed by atoms with van der Waals surface area (Å²) in [6.45, 7) is 1.77. The maximum absolute atomic E-state index is 13.3. The maximum atomic E-state index is 13.3. The smallest absolute Gasteiger partial charge is 0.229 e. The highest BCUT2D eigenvalue weighted by molar-refractivity contribution is 9.10. The first-order chi connectivity index (χ1) is 8.99. The minimum absolute atomic E-state index is 0.0613. The first-order valence-electron chi connectivity index (χ1n) is 6.51. The Balaban J connectivity index is 2.12. The second-order valence-electron chi connectivity index (χ2n) is 5.13. The van der Waals surface area contributed by atoms with Gasteiger partial charge in [0.2, 0.25) is 5.91 Å². The summed E-state index contributed by atoms with van der Waals surface area (Å²) in [7, 11) is 0. The number of carbonyl (C=O) groups excluding carboxylic acids is 1. The summed E-state index contributed by atoms with van der Waals surface area (Å²) in [4.78, 5) is 12.2. The molecule has 2 atom stereocenters. The fourth-order valence-corrected chi connectivity index (χ4v) is 2.83. The van der Waals surface area contributed by atoms with Crippen LogP contribution in [0.25, 0.3) is 0 Å². The summed E-state index contributed by atoms with van der Waals surface area (Å²) in [5, 5.41) is 2.86. The van der Waals surface area contributed by atoms with Crippen molar-refractivity contribution in [3.63, 3.8) is 0 Å². The van der Waals surface area contributed by atoms with Crippen molar-refractivity contribution in [3.8, 4) is 0 Å². The lowest BCUT2D eigenvalue weighted by atomic mass is 9.84. The van der Waals surface area contributed by atoms with Gasteiger partial charge in [-0.2, -0.15) is 0 Å². The highest BCUT2D eigenvalue weighted by Crippen LogP contribution is 2.27. The zero-order valence-corrected chi connectivity index (χ0v) is 12.5. The Morgan fingerprint density at radius 1 is 1.42 bits per heavy atom. The zero-order valence-electron chi connectivity index (χ0n) is 10.9. The van der Waals surface area contributed by atoms with E-state index in [0.717, 1.165) is 25.7 Å². The van der Waals surface area contributed by atoms with Gasteiger partial charge in [0.15, 0.2) is 0 Å². The normalized spacial score (nSPS) is 23.2. The van der Waals surface area contributed by atoms with E-state index >= 15 is 0 Å².